The van der Waals surface area contributed by atoms with E-state index in [2.05, 4.69) is 26.0 Å². The number of ether oxygens (including phenoxy) is 3. The van der Waals surface area contributed by atoms with Crippen LogP contribution in [0.5, 0.6) is 11.5 Å². The number of halogens is 2. The van der Waals surface area contributed by atoms with Gasteiger partial charge in [-0.25, -0.2) is 4.79 Å². The molecular formula is C23H20BrClN2O7S. The van der Waals surface area contributed by atoms with E-state index in [-0.39, 0.29) is 21.2 Å². The molecule has 1 fully saturated rings. The van der Waals surface area contributed by atoms with Crippen LogP contribution in [0.2, 0.25) is 5.02 Å². The summed E-state index contributed by atoms with van der Waals surface area (Å²) in [6, 6.07) is 7.66. The molecule has 9 nitrogen and oxygen atoms in total. The van der Waals surface area contributed by atoms with Crippen LogP contribution in [-0.2, 0) is 14.3 Å². The number of benzene rings is 2. The SMILES string of the molecule is CCOc1c(Br)cc(/C=C2/SC(=O)N(CC(=O)Nc3ccc(Cl)c(C(=O)OC)c3)C2=O)cc1OC. The van der Waals surface area contributed by atoms with Crippen LogP contribution in [0.15, 0.2) is 39.7 Å². The Morgan fingerprint density at radius 2 is 1.94 bits per heavy atom. The zero-order chi connectivity index (χ0) is 25.7. The number of carbonyl (C=O) groups is 4. The molecule has 0 radical (unpaired) electrons. The largest absolute Gasteiger partial charge is 0.493 e. The van der Waals surface area contributed by atoms with E-state index in [0.29, 0.717) is 28.1 Å². The third-order valence-electron chi connectivity index (χ3n) is 4.67. The summed E-state index contributed by atoms with van der Waals surface area (Å²) >= 11 is 10.1. The van der Waals surface area contributed by atoms with Crippen LogP contribution < -0.4 is 14.8 Å². The highest BCUT2D eigenvalue weighted by Gasteiger charge is 2.36. The number of thioether (sulfide) groups is 1. The van der Waals surface area contributed by atoms with E-state index in [0.717, 1.165) is 16.7 Å². The number of methoxy groups -OCH3 is 2. The summed E-state index contributed by atoms with van der Waals surface area (Å²) in [5.74, 6) is -0.919. The fourth-order valence-electron chi connectivity index (χ4n) is 3.11. The Bertz CT molecular complexity index is 1230. The standard InChI is InChI=1S/C23H20BrClN2O7S/c1-4-34-20-15(24)7-12(8-17(20)32-2)9-18-21(29)27(23(31)35-18)11-19(28)26-13-5-6-16(25)14(10-13)22(30)33-3/h5-10H,4,11H2,1-3H3,(H,26,28)/b18-9+. The summed E-state index contributed by atoms with van der Waals surface area (Å²) in [6.07, 6.45) is 1.54. The lowest BCUT2D eigenvalue weighted by Crippen LogP contribution is -2.36. The van der Waals surface area contributed by atoms with Crippen molar-refractivity contribution >= 4 is 74.1 Å². The molecule has 184 valence electrons. The van der Waals surface area contributed by atoms with Crippen molar-refractivity contribution in [1.82, 2.24) is 4.90 Å². The number of imide groups is 1. The average Bonchev–Trinajstić information content (AvgIpc) is 3.08. The van der Waals surface area contributed by atoms with Gasteiger partial charge in [0.05, 0.1) is 40.8 Å². The molecule has 0 atom stereocenters. The highest BCUT2D eigenvalue weighted by molar-refractivity contribution is 9.10. The van der Waals surface area contributed by atoms with E-state index in [9.17, 15) is 19.2 Å². The van der Waals surface area contributed by atoms with E-state index in [4.69, 9.17) is 21.1 Å². The van der Waals surface area contributed by atoms with Gasteiger partial charge in [-0.05, 0) is 76.6 Å². The van der Waals surface area contributed by atoms with E-state index >= 15 is 0 Å². The van der Waals surface area contributed by atoms with Gasteiger partial charge in [0.15, 0.2) is 11.5 Å². The molecule has 1 aliphatic heterocycles. The highest BCUT2D eigenvalue weighted by atomic mass is 79.9. The van der Waals surface area contributed by atoms with E-state index in [1.807, 2.05) is 6.92 Å². The number of carbonyl (C=O) groups excluding carboxylic acids is 4. The summed E-state index contributed by atoms with van der Waals surface area (Å²) in [6.45, 7) is 1.78. The van der Waals surface area contributed by atoms with Gasteiger partial charge in [-0.2, -0.15) is 0 Å². The van der Waals surface area contributed by atoms with Crippen molar-refractivity contribution < 1.29 is 33.4 Å². The number of hydrogen-bond acceptors (Lipinski definition) is 8. The number of hydrogen-bond donors (Lipinski definition) is 1. The van der Waals surface area contributed by atoms with Crippen LogP contribution in [0.4, 0.5) is 10.5 Å². The molecule has 1 N–H and O–H groups in total. The predicted octanol–water partition coefficient (Wildman–Crippen LogP) is 4.97. The average molecular weight is 584 g/mol. The Labute approximate surface area is 218 Å². The molecular weight excluding hydrogens is 564 g/mol. The summed E-state index contributed by atoms with van der Waals surface area (Å²) in [7, 11) is 2.70. The van der Waals surface area contributed by atoms with E-state index in [1.165, 1.54) is 38.5 Å². The molecule has 1 saturated heterocycles. The normalized spacial score (nSPS) is 14.3. The molecule has 3 amide bonds. The van der Waals surface area contributed by atoms with Crippen molar-refractivity contribution in [2.45, 2.75) is 6.92 Å². The summed E-state index contributed by atoms with van der Waals surface area (Å²) in [5.41, 5.74) is 0.926. The van der Waals surface area contributed by atoms with Gasteiger partial charge in [-0.1, -0.05) is 11.6 Å². The molecule has 0 aliphatic carbocycles. The number of rotatable bonds is 8. The molecule has 2 aromatic rings. The number of nitrogens with one attached hydrogen (secondary N) is 1. The quantitative estimate of drug-likeness (QED) is 0.343. The maximum atomic E-state index is 12.8. The third kappa shape index (κ3) is 6.16. The topological polar surface area (TPSA) is 111 Å². The third-order valence-corrected chi connectivity index (χ3v) is 6.49. The first-order valence-electron chi connectivity index (χ1n) is 10.1. The minimum absolute atomic E-state index is 0.0676. The lowest BCUT2D eigenvalue weighted by Gasteiger charge is -2.13. The van der Waals surface area contributed by atoms with Crippen LogP contribution in [0.3, 0.4) is 0 Å². The Kier molecular flexibility index (Phi) is 8.82. The minimum Gasteiger partial charge on any atom is -0.493 e. The Morgan fingerprint density at radius 3 is 2.60 bits per heavy atom. The molecule has 1 heterocycles. The second-order valence-electron chi connectivity index (χ2n) is 6.97. The van der Waals surface area contributed by atoms with Gasteiger partial charge in [0.25, 0.3) is 11.1 Å². The van der Waals surface area contributed by atoms with Gasteiger partial charge in [0.2, 0.25) is 5.91 Å². The molecule has 35 heavy (non-hydrogen) atoms. The van der Waals surface area contributed by atoms with Gasteiger partial charge in [-0.15, -0.1) is 0 Å². The molecule has 3 rings (SSSR count). The number of amides is 3. The monoisotopic (exact) mass is 582 g/mol. The second-order valence-corrected chi connectivity index (χ2v) is 9.22. The second kappa shape index (κ2) is 11.6. The lowest BCUT2D eigenvalue weighted by atomic mass is 10.2. The van der Waals surface area contributed by atoms with Gasteiger partial charge in [0, 0.05) is 5.69 Å². The molecule has 2 aromatic carbocycles. The highest BCUT2D eigenvalue weighted by Crippen LogP contribution is 2.39. The molecule has 0 bridgehead atoms. The molecule has 0 unspecified atom stereocenters. The van der Waals surface area contributed by atoms with Crippen molar-refractivity contribution in [2.24, 2.45) is 0 Å². The fraction of sp³-hybridized carbons (Fsp3) is 0.217. The molecule has 0 aromatic heterocycles. The van der Waals surface area contributed by atoms with E-state index < -0.39 is 29.6 Å². The van der Waals surface area contributed by atoms with Crippen LogP contribution >= 0.6 is 39.3 Å². The van der Waals surface area contributed by atoms with Gasteiger partial charge < -0.3 is 19.5 Å². The zero-order valence-electron chi connectivity index (χ0n) is 18.8. The van der Waals surface area contributed by atoms with Crippen LogP contribution in [0, 0.1) is 0 Å². The van der Waals surface area contributed by atoms with Crippen molar-refractivity contribution in [3.8, 4) is 11.5 Å². The van der Waals surface area contributed by atoms with Gasteiger partial charge in [-0.3, -0.25) is 19.3 Å². The zero-order valence-corrected chi connectivity index (χ0v) is 22.0. The first kappa shape index (κ1) is 26.6. The van der Waals surface area contributed by atoms with Crippen molar-refractivity contribution in [2.75, 3.05) is 32.7 Å². The van der Waals surface area contributed by atoms with Gasteiger partial charge in [0.1, 0.15) is 6.54 Å². The van der Waals surface area contributed by atoms with Crippen molar-refractivity contribution in [3.05, 3.63) is 55.9 Å². The molecule has 12 heteroatoms. The van der Waals surface area contributed by atoms with Crippen LogP contribution in [-0.4, -0.2) is 55.3 Å². The van der Waals surface area contributed by atoms with E-state index in [1.54, 1.807) is 12.1 Å². The number of nitrogens with zero attached hydrogens (tertiary/aromatic N) is 1. The Hall–Kier alpha value is -3.02. The van der Waals surface area contributed by atoms with Crippen molar-refractivity contribution in [1.29, 1.82) is 0 Å². The summed E-state index contributed by atoms with van der Waals surface area (Å²) < 4.78 is 16.2. The predicted molar refractivity (Wildman–Crippen MR) is 136 cm³/mol. The number of anilines is 1. The molecule has 1 aliphatic rings. The van der Waals surface area contributed by atoms with Crippen LogP contribution in [0.25, 0.3) is 6.08 Å². The van der Waals surface area contributed by atoms with Crippen molar-refractivity contribution in [3.63, 3.8) is 0 Å². The minimum atomic E-state index is -0.667. The lowest BCUT2D eigenvalue weighted by molar-refractivity contribution is -0.127. The van der Waals surface area contributed by atoms with Crippen LogP contribution in [0.1, 0.15) is 22.8 Å². The first-order valence-corrected chi connectivity index (χ1v) is 12.1. The Morgan fingerprint density at radius 1 is 1.20 bits per heavy atom. The fourth-order valence-corrected chi connectivity index (χ4v) is 4.72. The number of esters is 1. The molecule has 0 saturated carbocycles. The summed E-state index contributed by atoms with van der Waals surface area (Å²) in [5, 5.41) is 2.12. The molecule has 0 spiro atoms. The van der Waals surface area contributed by atoms with Gasteiger partial charge >= 0.3 is 5.97 Å². The maximum absolute atomic E-state index is 12.8. The first-order chi connectivity index (χ1) is 16.7. The summed E-state index contributed by atoms with van der Waals surface area (Å²) in [4.78, 5) is 50.6. The maximum Gasteiger partial charge on any atom is 0.339 e. The Balaban J connectivity index is 1.75. The smallest absolute Gasteiger partial charge is 0.339 e.